The summed E-state index contributed by atoms with van der Waals surface area (Å²) < 4.78 is 47.8. The van der Waals surface area contributed by atoms with Gasteiger partial charge in [0.15, 0.2) is 10.7 Å². The third kappa shape index (κ3) is 5.08. The highest BCUT2D eigenvalue weighted by Gasteiger charge is 2.38. The molecule has 2 aromatic rings. The molecule has 2 saturated heterocycles. The largest absolute Gasteiger partial charge is 0.355 e. The molecule has 0 aliphatic carbocycles. The summed E-state index contributed by atoms with van der Waals surface area (Å²) in [6.07, 6.45) is 4.16. The van der Waals surface area contributed by atoms with E-state index in [0.717, 1.165) is 19.6 Å². The van der Waals surface area contributed by atoms with E-state index in [4.69, 9.17) is 4.52 Å². The number of aryl methyl sites for hydroxylation is 1. The van der Waals surface area contributed by atoms with Crippen molar-refractivity contribution in [2.45, 2.75) is 31.6 Å². The first-order valence-corrected chi connectivity index (χ1v) is 13.2. The molecular formula is C24H31FN4O4S. The van der Waals surface area contributed by atoms with Crippen LogP contribution in [0.15, 0.2) is 33.7 Å². The van der Waals surface area contributed by atoms with Gasteiger partial charge in [0.2, 0.25) is 15.9 Å². The minimum Gasteiger partial charge on any atom is -0.355 e. The second-order valence-electron chi connectivity index (χ2n) is 8.78. The summed E-state index contributed by atoms with van der Waals surface area (Å²) in [5.74, 6) is -0.715. The van der Waals surface area contributed by atoms with Gasteiger partial charge in [-0.3, -0.25) is 4.79 Å². The SMILES string of the molecule is CCN1CCN(C(=O)C2CCCN(S(=O)(=O)c3c(C)noc3/C=C/c3ccccc3F)C2)CC1. The number of benzene rings is 1. The van der Waals surface area contributed by atoms with E-state index in [-0.39, 0.29) is 34.7 Å². The second kappa shape index (κ2) is 10.4. The third-order valence-corrected chi connectivity index (χ3v) is 8.64. The molecule has 3 heterocycles. The Morgan fingerprint density at radius 1 is 1.18 bits per heavy atom. The van der Waals surface area contributed by atoms with Crippen molar-refractivity contribution in [3.05, 3.63) is 47.1 Å². The standard InChI is InChI=1S/C24H31FN4O4S/c1-3-27-13-15-28(16-14-27)24(30)20-8-6-12-29(17-20)34(31,32)23-18(2)26-33-22(23)11-10-19-7-4-5-9-21(19)25/h4-5,7,9-11,20H,3,6,8,12-17H2,1-2H3/b11-10+. The molecule has 8 nitrogen and oxygen atoms in total. The lowest BCUT2D eigenvalue weighted by Gasteiger charge is -2.38. The number of likely N-dealkylation sites (N-methyl/N-ethyl adjacent to an activating group) is 1. The molecule has 0 bridgehead atoms. The summed E-state index contributed by atoms with van der Waals surface area (Å²) in [5.41, 5.74) is 0.545. The highest BCUT2D eigenvalue weighted by Crippen LogP contribution is 2.30. The second-order valence-corrected chi connectivity index (χ2v) is 10.7. The molecule has 0 spiro atoms. The van der Waals surface area contributed by atoms with Crippen LogP contribution in [0, 0.1) is 18.7 Å². The summed E-state index contributed by atoms with van der Waals surface area (Å²) in [6, 6.07) is 6.19. The first-order valence-electron chi connectivity index (χ1n) is 11.7. The molecule has 1 amide bonds. The van der Waals surface area contributed by atoms with Gasteiger partial charge in [-0.2, -0.15) is 4.31 Å². The van der Waals surface area contributed by atoms with Crippen LogP contribution in [0.4, 0.5) is 4.39 Å². The van der Waals surface area contributed by atoms with E-state index < -0.39 is 15.8 Å². The number of piperazine rings is 1. The molecule has 1 aromatic carbocycles. The van der Waals surface area contributed by atoms with E-state index in [1.165, 1.54) is 22.5 Å². The van der Waals surface area contributed by atoms with Crippen molar-refractivity contribution in [2.75, 3.05) is 45.8 Å². The number of rotatable bonds is 6. The van der Waals surface area contributed by atoms with Crippen LogP contribution in [-0.4, -0.2) is 79.4 Å². The van der Waals surface area contributed by atoms with Gasteiger partial charge in [-0.25, -0.2) is 12.8 Å². The van der Waals surface area contributed by atoms with Crippen molar-refractivity contribution in [2.24, 2.45) is 5.92 Å². The topological polar surface area (TPSA) is 87.0 Å². The van der Waals surface area contributed by atoms with Gasteiger partial charge in [0.25, 0.3) is 0 Å². The number of carbonyl (C=O) groups is 1. The predicted molar refractivity (Wildman–Crippen MR) is 127 cm³/mol. The molecule has 10 heteroatoms. The van der Waals surface area contributed by atoms with Crippen LogP contribution in [0.5, 0.6) is 0 Å². The minimum atomic E-state index is -3.95. The number of piperidine rings is 1. The number of carbonyl (C=O) groups excluding carboxylic acids is 1. The lowest BCUT2D eigenvalue weighted by atomic mass is 9.98. The maximum absolute atomic E-state index is 14.0. The van der Waals surface area contributed by atoms with Crippen molar-refractivity contribution in [1.82, 2.24) is 19.3 Å². The van der Waals surface area contributed by atoms with E-state index in [9.17, 15) is 17.6 Å². The molecule has 2 aliphatic heterocycles. The molecule has 1 aromatic heterocycles. The lowest BCUT2D eigenvalue weighted by Crippen LogP contribution is -2.52. The minimum absolute atomic E-state index is 0.0253. The van der Waals surface area contributed by atoms with E-state index in [1.807, 2.05) is 4.90 Å². The number of nitrogens with zero attached hydrogens (tertiary/aromatic N) is 4. The van der Waals surface area contributed by atoms with Crippen LogP contribution in [0.2, 0.25) is 0 Å². The van der Waals surface area contributed by atoms with Crippen molar-refractivity contribution >= 4 is 28.1 Å². The Labute approximate surface area is 200 Å². The van der Waals surface area contributed by atoms with E-state index in [0.29, 0.717) is 38.0 Å². The maximum atomic E-state index is 14.0. The molecule has 2 aliphatic rings. The van der Waals surface area contributed by atoms with Gasteiger partial charge in [0.1, 0.15) is 11.5 Å². The Kier molecular flexibility index (Phi) is 7.49. The summed E-state index contributed by atoms with van der Waals surface area (Å²) in [6.45, 7) is 8.13. The van der Waals surface area contributed by atoms with Gasteiger partial charge < -0.3 is 14.3 Å². The Bertz CT molecular complexity index is 1160. The quantitative estimate of drug-likeness (QED) is 0.619. The molecule has 1 atom stereocenters. The summed E-state index contributed by atoms with van der Waals surface area (Å²) in [5, 5.41) is 3.85. The fourth-order valence-corrected chi connectivity index (χ4v) is 6.38. The predicted octanol–water partition coefficient (Wildman–Crippen LogP) is 2.86. The zero-order valence-electron chi connectivity index (χ0n) is 19.6. The Balaban J connectivity index is 1.52. The number of hydrogen-bond donors (Lipinski definition) is 0. The van der Waals surface area contributed by atoms with Crippen molar-refractivity contribution in [3.63, 3.8) is 0 Å². The van der Waals surface area contributed by atoms with Crippen molar-refractivity contribution in [3.8, 4) is 0 Å². The number of halogens is 1. The molecule has 0 N–H and O–H groups in total. The molecule has 0 saturated carbocycles. The van der Waals surface area contributed by atoms with Gasteiger partial charge in [0, 0.05) is 44.8 Å². The van der Waals surface area contributed by atoms with Crippen molar-refractivity contribution in [1.29, 1.82) is 0 Å². The smallest absolute Gasteiger partial charge is 0.248 e. The Hall–Kier alpha value is -2.56. The molecule has 2 fully saturated rings. The normalized spacial score (nSPS) is 20.8. The molecular weight excluding hydrogens is 459 g/mol. The highest BCUT2D eigenvalue weighted by molar-refractivity contribution is 7.89. The van der Waals surface area contributed by atoms with E-state index in [2.05, 4.69) is 17.0 Å². The zero-order valence-corrected chi connectivity index (χ0v) is 20.4. The Morgan fingerprint density at radius 3 is 2.62 bits per heavy atom. The summed E-state index contributed by atoms with van der Waals surface area (Å²) in [4.78, 5) is 17.3. The van der Waals surface area contributed by atoms with Gasteiger partial charge in [0.05, 0.1) is 5.92 Å². The lowest BCUT2D eigenvalue weighted by molar-refractivity contribution is -0.138. The number of aromatic nitrogens is 1. The van der Waals surface area contributed by atoms with E-state index >= 15 is 0 Å². The van der Waals surface area contributed by atoms with Gasteiger partial charge in [-0.1, -0.05) is 30.3 Å². The summed E-state index contributed by atoms with van der Waals surface area (Å²) >= 11 is 0. The van der Waals surface area contributed by atoms with Crippen LogP contribution in [0.1, 0.15) is 36.8 Å². The Morgan fingerprint density at radius 2 is 1.91 bits per heavy atom. The number of amides is 1. The fraction of sp³-hybridized carbons (Fsp3) is 0.500. The molecule has 34 heavy (non-hydrogen) atoms. The van der Waals surface area contributed by atoms with Crippen LogP contribution >= 0.6 is 0 Å². The average molecular weight is 491 g/mol. The molecule has 4 rings (SSSR count). The third-order valence-electron chi connectivity index (χ3n) is 6.62. The van der Waals surface area contributed by atoms with Gasteiger partial charge in [-0.05, 0) is 44.5 Å². The summed E-state index contributed by atoms with van der Waals surface area (Å²) in [7, 11) is -3.95. The monoisotopic (exact) mass is 490 g/mol. The molecule has 1 unspecified atom stereocenters. The zero-order chi connectivity index (χ0) is 24.3. The van der Waals surface area contributed by atoms with Gasteiger partial charge >= 0.3 is 0 Å². The van der Waals surface area contributed by atoms with Crippen LogP contribution in [0.25, 0.3) is 12.2 Å². The van der Waals surface area contributed by atoms with Crippen molar-refractivity contribution < 1.29 is 22.1 Å². The fourth-order valence-electron chi connectivity index (χ4n) is 4.61. The van der Waals surface area contributed by atoms with Crippen LogP contribution in [0.3, 0.4) is 0 Å². The first kappa shape index (κ1) is 24.6. The average Bonchev–Trinajstić information content (AvgIpc) is 3.24. The molecule has 0 radical (unpaired) electrons. The van der Waals surface area contributed by atoms with Crippen LogP contribution in [-0.2, 0) is 14.8 Å². The maximum Gasteiger partial charge on any atom is 0.248 e. The number of sulfonamides is 1. The van der Waals surface area contributed by atoms with E-state index in [1.54, 1.807) is 25.1 Å². The highest BCUT2D eigenvalue weighted by atomic mass is 32.2. The number of hydrogen-bond acceptors (Lipinski definition) is 6. The first-order chi connectivity index (χ1) is 16.3. The van der Waals surface area contributed by atoms with Gasteiger partial charge in [-0.15, -0.1) is 0 Å². The van der Waals surface area contributed by atoms with Crippen LogP contribution < -0.4 is 0 Å². The molecule has 184 valence electrons.